The van der Waals surface area contributed by atoms with Crippen molar-refractivity contribution in [2.75, 3.05) is 7.11 Å². The van der Waals surface area contributed by atoms with Crippen molar-refractivity contribution in [3.05, 3.63) is 48.6 Å². The monoisotopic (exact) mass is 302 g/mol. The van der Waals surface area contributed by atoms with E-state index in [4.69, 9.17) is 4.74 Å². The number of benzene rings is 1. The van der Waals surface area contributed by atoms with Crippen LogP contribution in [0.4, 0.5) is 0 Å². The molecule has 0 heterocycles. The fourth-order valence-electron chi connectivity index (χ4n) is 2.63. The number of esters is 1. The number of unbranched alkanes of at least 4 members (excludes halogenated alkanes) is 2. The summed E-state index contributed by atoms with van der Waals surface area (Å²) in [6.07, 6.45) is 5.94. The molecule has 0 saturated carbocycles. The van der Waals surface area contributed by atoms with Crippen LogP contribution in [0.15, 0.2) is 43.0 Å². The molecule has 22 heavy (non-hydrogen) atoms. The summed E-state index contributed by atoms with van der Waals surface area (Å²) in [6, 6.07) is 9.48. The molecule has 120 valence electrons. The molecule has 0 amide bonds. The number of Topliss-reactive ketones (excluding diaryl/α,β-unsaturated/α-hetero) is 1. The van der Waals surface area contributed by atoms with Gasteiger partial charge in [-0.25, -0.2) is 0 Å². The van der Waals surface area contributed by atoms with Crippen molar-refractivity contribution in [3.8, 4) is 0 Å². The van der Waals surface area contributed by atoms with E-state index in [1.807, 2.05) is 30.3 Å². The normalized spacial score (nSPS) is 13.2. The summed E-state index contributed by atoms with van der Waals surface area (Å²) in [7, 11) is 1.33. The second-order valence-electron chi connectivity index (χ2n) is 5.52. The molecule has 3 nitrogen and oxygen atoms in total. The fourth-order valence-corrected chi connectivity index (χ4v) is 2.63. The van der Waals surface area contributed by atoms with Crippen LogP contribution >= 0.6 is 0 Å². The lowest BCUT2D eigenvalue weighted by molar-refractivity contribution is -0.151. The van der Waals surface area contributed by atoms with Gasteiger partial charge in [-0.1, -0.05) is 62.6 Å². The molecule has 0 fully saturated rings. The molecule has 0 radical (unpaired) electrons. The summed E-state index contributed by atoms with van der Waals surface area (Å²) in [5.41, 5.74) is 0.915. The Kier molecular flexibility index (Phi) is 8.19. The summed E-state index contributed by atoms with van der Waals surface area (Å²) >= 11 is 0. The Hall–Kier alpha value is -1.90. The van der Waals surface area contributed by atoms with Crippen molar-refractivity contribution in [2.24, 2.45) is 11.8 Å². The molecule has 2 atom stereocenters. The summed E-state index contributed by atoms with van der Waals surface area (Å²) in [5, 5.41) is 0. The van der Waals surface area contributed by atoms with E-state index in [-0.39, 0.29) is 18.1 Å². The first-order chi connectivity index (χ1) is 10.6. The Balaban J connectivity index is 2.83. The number of carbonyl (C=O) groups is 2. The van der Waals surface area contributed by atoms with Gasteiger partial charge < -0.3 is 4.74 Å². The van der Waals surface area contributed by atoms with E-state index < -0.39 is 11.9 Å². The first kappa shape index (κ1) is 18.1. The molecule has 0 aliphatic carbocycles. The average Bonchev–Trinajstić information content (AvgIpc) is 2.54. The van der Waals surface area contributed by atoms with Gasteiger partial charge in [0.25, 0.3) is 0 Å². The molecule has 0 bridgehead atoms. The first-order valence-corrected chi connectivity index (χ1v) is 7.91. The molecular weight excluding hydrogens is 276 g/mol. The molecule has 1 aromatic rings. The second kappa shape index (κ2) is 9.93. The van der Waals surface area contributed by atoms with E-state index in [0.717, 1.165) is 31.2 Å². The van der Waals surface area contributed by atoms with Crippen LogP contribution in [0, 0.1) is 11.8 Å². The van der Waals surface area contributed by atoms with Crippen molar-refractivity contribution in [3.63, 3.8) is 0 Å². The number of allylic oxidation sites excluding steroid dienone is 1. The largest absolute Gasteiger partial charge is 0.468 e. The minimum absolute atomic E-state index is 0.0977. The van der Waals surface area contributed by atoms with Gasteiger partial charge in [0.05, 0.1) is 7.11 Å². The van der Waals surface area contributed by atoms with Gasteiger partial charge in [0.1, 0.15) is 5.92 Å². The van der Waals surface area contributed by atoms with Crippen LogP contribution in [-0.2, 0) is 20.7 Å². The number of carbonyl (C=O) groups excluding carboxylic acids is 2. The van der Waals surface area contributed by atoms with Gasteiger partial charge in [-0.2, -0.15) is 0 Å². The highest BCUT2D eigenvalue weighted by Crippen LogP contribution is 2.24. The summed E-state index contributed by atoms with van der Waals surface area (Å²) in [5.74, 6) is -1.46. The van der Waals surface area contributed by atoms with Gasteiger partial charge in [0.15, 0.2) is 5.78 Å². The number of methoxy groups -OCH3 is 1. The van der Waals surface area contributed by atoms with Crippen LogP contribution in [0.2, 0.25) is 0 Å². The lowest BCUT2D eigenvalue weighted by Gasteiger charge is -2.21. The Labute approximate surface area is 133 Å². The van der Waals surface area contributed by atoms with Crippen LogP contribution in [0.25, 0.3) is 0 Å². The number of ketones is 1. The van der Waals surface area contributed by atoms with Crippen molar-refractivity contribution < 1.29 is 14.3 Å². The average molecular weight is 302 g/mol. The molecule has 0 spiro atoms. The van der Waals surface area contributed by atoms with Crippen LogP contribution in [0.3, 0.4) is 0 Å². The smallest absolute Gasteiger partial charge is 0.316 e. The highest BCUT2D eigenvalue weighted by molar-refractivity contribution is 6.00. The predicted molar refractivity (Wildman–Crippen MR) is 88.5 cm³/mol. The highest BCUT2D eigenvalue weighted by Gasteiger charge is 2.33. The van der Waals surface area contributed by atoms with Crippen molar-refractivity contribution in [1.82, 2.24) is 0 Å². The van der Waals surface area contributed by atoms with Gasteiger partial charge >= 0.3 is 5.97 Å². The molecule has 0 saturated heterocycles. The topological polar surface area (TPSA) is 43.4 Å². The van der Waals surface area contributed by atoms with Crippen molar-refractivity contribution in [1.29, 1.82) is 0 Å². The summed E-state index contributed by atoms with van der Waals surface area (Å²) in [6.45, 7) is 5.93. The first-order valence-electron chi connectivity index (χ1n) is 7.91. The zero-order valence-corrected chi connectivity index (χ0v) is 13.6. The maximum Gasteiger partial charge on any atom is 0.316 e. The van der Waals surface area contributed by atoms with Gasteiger partial charge in [0, 0.05) is 6.42 Å². The fraction of sp³-hybridized carbons (Fsp3) is 0.474. The number of hydrogen-bond donors (Lipinski definition) is 0. The van der Waals surface area contributed by atoms with Crippen LogP contribution in [-0.4, -0.2) is 18.9 Å². The minimum atomic E-state index is -0.750. The SMILES string of the molecule is C=CC(CCCCC)C(C(=O)Cc1ccccc1)C(=O)OC. The molecule has 0 aromatic heterocycles. The maximum atomic E-state index is 12.6. The number of rotatable bonds is 10. The lowest BCUT2D eigenvalue weighted by atomic mass is 9.83. The second-order valence-corrected chi connectivity index (χ2v) is 5.52. The molecule has 1 rings (SSSR count). The molecule has 0 aliphatic rings. The molecule has 0 aliphatic heterocycles. The summed E-state index contributed by atoms with van der Waals surface area (Å²) in [4.78, 5) is 24.7. The van der Waals surface area contributed by atoms with Gasteiger partial charge in [-0.15, -0.1) is 6.58 Å². The Morgan fingerprint density at radius 3 is 2.45 bits per heavy atom. The van der Waals surface area contributed by atoms with Gasteiger partial charge in [-0.3, -0.25) is 9.59 Å². The maximum absolute atomic E-state index is 12.6. The Morgan fingerprint density at radius 2 is 1.91 bits per heavy atom. The van der Waals surface area contributed by atoms with Crippen molar-refractivity contribution in [2.45, 2.75) is 39.0 Å². The molecular formula is C19H26O3. The van der Waals surface area contributed by atoms with Crippen LogP contribution < -0.4 is 0 Å². The third-order valence-corrected chi connectivity index (χ3v) is 3.90. The van der Waals surface area contributed by atoms with E-state index >= 15 is 0 Å². The van der Waals surface area contributed by atoms with Crippen molar-refractivity contribution >= 4 is 11.8 Å². The third kappa shape index (κ3) is 5.47. The van der Waals surface area contributed by atoms with Gasteiger partial charge in [0.2, 0.25) is 0 Å². The van der Waals surface area contributed by atoms with E-state index in [0.29, 0.717) is 0 Å². The number of ether oxygens (including phenoxy) is 1. The quantitative estimate of drug-likeness (QED) is 0.284. The summed E-state index contributed by atoms with van der Waals surface area (Å²) < 4.78 is 4.85. The molecule has 3 heteroatoms. The molecule has 1 aromatic carbocycles. The lowest BCUT2D eigenvalue weighted by Crippen LogP contribution is -2.33. The molecule has 2 unspecified atom stereocenters. The van der Waals surface area contributed by atoms with Gasteiger partial charge in [-0.05, 0) is 17.9 Å². The third-order valence-electron chi connectivity index (χ3n) is 3.90. The number of hydrogen-bond acceptors (Lipinski definition) is 3. The van der Waals surface area contributed by atoms with Crippen LogP contribution in [0.5, 0.6) is 0 Å². The van der Waals surface area contributed by atoms with Crippen LogP contribution in [0.1, 0.15) is 38.2 Å². The van der Waals surface area contributed by atoms with E-state index in [1.165, 1.54) is 7.11 Å². The van der Waals surface area contributed by atoms with E-state index in [2.05, 4.69) is 13.5 Å². The predicted octanol–water partition coefficient (Wildman–Crippen LogP) is 3.97. The standard InChI is InChI=1S/C19H26O3/c1-4-6-8-13-16(5-2)18(19(21)22-3)17(20)14-15-11-9-7-10-12-15/h5,7,9-12,16,18H,2,4,6,8,13-14H2,1,3H3. The van der Waals surface area contributed by atoms with E-state index in [1.54, 1.807) is 6.08 Å². The Bertz CT molecular complexity index is 479. The van der Waals surface area contributed by atoms with E-state index in [9.17, 15) is 9.59 Å². The zero-order chi connectivity index (χ0) is 16.4. The highest BCUT2D eigenvalue weighted by atomic mass is 16.5. The minimum Gasteiger partial charge on any atom is -0.468 e. The Morgan fingerprint density at radius 1 is 1.23 bits per heavy atom. The molecule has 0 N–H and O–H groups in total. The zero-order valence-electron chi connectivity index (χ0n) is 13.6.